The molecular weight excluding hydrogens is 291 g/mol. The molecule has 0 bridgehead atoms. The van der Waals surface area contributed by atoms with E-state index in [1.165, 1.54) is 0 Å². The van der Waals surface area contributed by atoms with Crippen LogP contribution in [0.4, 0.5) is 0 Å². The average molecular weight is 317 g/mol. The predicted octanol–water partition coefficient (Wildman–Crippen LogP) is 4.77. The van der Waals surface area contributed by atoms with Crippen LogP contribution < -0.4 is 5.32 Å². The zero-order valence-corrected chi connectivity index (χ0v) is 14.3. The van der Waals surface area contributed by atoms with Crippen molar-refractivity contribution in [3.63, 3.8) is 0 Å². The molecule has 0 aliphatic carbocycles. The van der Waals surface area contributed by atoms with Gasteiger partial charge in [0.1, 0.15) is 0 Å². The Balaban J connectivity index is 2.80. The van der Waals surface area contributed by atoms with Crippen molar-refractivity contribution in [2.75, 3.05) is 26.2 Å². The highest BCUT2D eigenvalue weighted by molar-refractivity contribution is 6.42. The van der Waals surface area contributed by atoms with E-state index in [1.54, 1.807) is 0 Å². The van der Waals surface area contributed by atoms with E-state index in [1.807, 2.05) is 12.1 Å². The lowest BCUT2D eigenvalue weighted by Crippen LogP contribution is -2.30. The van der Waals surface area contributed by atoms with Crippen LogP contribution in [0.1, 0.15) is 45.2 Å². The van der Waals surface area contributed by atoms with Crippen molar-refractivity contribution in [2.45, 2.75) is 39.7 Å². The Hall–Kier alpha value is -0.280. The van der Waals surface area contributed by atoms with Crippen LogP contribution in [0.5, 0.6) is 0 Å². The summed E-state index contributed by atoms with van der Waals surface area (Å²) in [6, 6.07) is 6.15. The van der Waals surface area contributed by atoms with Gasteiger partial charge in [-0.25, -0.2) is 0 Å². The average Bonchev–Trinajstić information content (AvgIpc) is 2.46. The Kier molecular flexibility index (Phi) is 8.55. The Labute approximate surface area is 133 Å². The Morgan fingerprint density at radius 1 is 1.15 bits per heavy atom. The van der Waals surface area contributed by atoms with Crippen LogP contribution in [-0.2, 0) is 0 Å². The Morgan fingerprint density at radius 3 is 2.45 bits per heavy atom. The van der Waals surface area contributed by atoms with E-state index in [0.29, 0.717) is 10.0 Å². The van der Waals surface area contributed by atoms with Gasteiger partial charge in [-0.1, -0.05) is 56.1 Å². The van der Waals surface area contributed by atoms with Gasteiger partial charge in [-0.2, -0.15) is 0 Å². The summed E-state index contributed by atoms with van der Waals surface area (Å²) in [5, 5.41) is 4.90. The third-order valence-corrected chi connectivity index (χ3v) is 4.46. The summed E-state index contributed by atoms with van der Waals surface area (Å²) in [6.07, 6.45) is 2.15. The maximum absolute atomic E-state index is 6.36. The summed E-state index contributed by atoms with van der Waals surface area (Å²) < 4.78 is 0. The maximum Gasteiger partial charge on any atom is 0.0640 e. The normalized spacial score (nSPS) is 12.9. The van der Waals surface area contributed by atoms with Crippen molar-refractivity contribution in [3.05, 3.63) is 33.8 Å². The molecule has 0 heterocycles. The summed E-state index contributed by atoms with van der Waals surface area (Å²) in [4.78, 5) is 2.43. The second-order valence-corrected chi connectivity index (χ2v) is 5.75. The summed E-state index contributed by atoms with van der Waals surface area (Å²) in [5.74, 6) is 0. The number of nitrogens with one attached hydrogen (secondary N) is 1. The van der Waals surface area contributed by atoms with E-state index >= 15 is 0 Å². The fourth-order valence-corrected chi connectivity index (χ4v) is 2.77. The van der Waals surface area contributed by atoms with Crippen molar-refractivity contribution < 1.29 is 0 Å². The third kappa shape index (κ3) is 5.25. The molecule has 1 rings (SSSR count). The molecule has 1 atom stereocenters. The number of halogens is 2. The van der Waals surface area contributed by atoms with Gasteiger partial charge in [0.05, 0.1) is 10.0 Å². The Bertz CT molecular complexity index is 392. The fourth-order valence-electron chi connectivity index (χ4n) is 2.33. The topological polar surface area (TPSA) is 15.3 Å². The standard InChI is InChI=1S/C16H26Cl2N2/c1-4-11-19-15(10-12-20(5-2)6-3)13-8-7-9-14(17)16(13)18/h7-9,15,19H,4-6,10-12H2,1-3H3. The molecule has 114 valence electrons. The van der Waals surface area contributed by atoms with Gasteiger partial charge >= 0.3 is 0 Å². The first-order valence-corrected chi connectivity index (χ1v) is 8.29. The summed E-state index contributed by atoms with van der Waals surface area (Å²) >= 11 is 12.5. The van der Waals surface area contributed by atoms with E-state index in [0.717, 1.165) is 44.6 Å². The van der Waals surface area contributed by atoms with E-state index < -0.39 is 0 Å². The molecule has 1 N–H and O–H groups in total. The first kappa shape index (κ1) is 17.8. The molecule has 0 aliphatic heterocycles. The van der Waals surface area contributed by atoms with Crippen LogP contribution in [-0.4, -0.2) is 31.1 Å². The summed E-state index contributed by atoms with van der Waals surface area (Å²) in [5.41, 5.74) is 1.11. The van der Waals surface area contributed by atoms with Gasteiger partial charge in [0, 0.05) is 6.04 Å². The zero-order valence-electron chi connectivity index (χ0n) is 12.8. The lowest BCUT2D eigenvalue weighted by molar-refractivity contribution is 0.282. The molecule has 0 amide bonds. The largest absolute Gasteiger partial charge is 0.310 e. The minimum Gasteiger partial charge on any atom is -0.310 e. The highest BCUT2D eigenvalue weighted by atomic mass is 35.5. The minimum atomic E-state index is 0.266. The number of benzene rings is 1. The molecule has 0 spiro atoms. The van der Waals surface area contributed by atoms with E-state index in [2.05, 4.69) is 37.1 Å². The van der Waals surface area contributed by atoms with Gasteiger partial charge in [0.2, 0.25) is 0 Å². The van der Waals surface area contributed by atoms with Crippen molar-refractivity contribution in [3.8, 4) is 0 Å². The highest BCUT2D eigenvalue weighted by Crippen LogP contribution is 2.31. The van der Waals surface area contributed by atoms with Crippen LogP contribution in [0.15, 0.2) is 18.2 Å². The summed E-state index contributed by atoms with van der Waals surface area (Å²) in [7, 11) is 0. The molecule has 0 aliphatic rings. The highest BCUT2D eigenvalue weighted by Gasteiger charge is 2.16. The van der Waals surface area contributed by atoms with Crippen molar-refractivity contribution in [1.29, 1.82) is 0 Å². The van der Waals surface area contributed by atoms with Gasteiger partial charge in [0.25, 0.3) is 0 Å². The number of nitrogens with zero attached hydrogens (tertiary/aromatic N) is 1. The lowest BCUT2D eigenvalue weighted by atomic mass is 10.0. The van der Waals surface area contributed by atoms with Gasteiger partial charge in [-0.15, -0.1) is 0 Å². The number of hydrogen-bond acceptors (Lipinski definition) is 2. The first-order chi connectivity index (χ1) is 9.63. The monoisotopic (exact) mass is 316 g/mol. The molecule has 1 aromatic carbocycles. The molecular formula is C16H26Cl2N2. The Morgan fingerprint density at radius 2 is 1.85 bits per heavy atom. The zero-order chi connectivity index (χ0) is 15.0. The molecule has 1 unspecified atom stereocenters. The molecule has 0 fully saturated rings. The minimum absolute atomic E-state index is 0.266. The molecule has 0 saturated carbocycles. The molecule has 0 saturated heterocycles. The van der Waals surface area contributed by atoms with Gasteiger partial charge < -0.3 is 10.2 Å². The summed E-state index contributed by atoms with van der Waals surface area (Å²) in [6.45, 7) is 10.8. The maximum atomic E-state index is 6.36. The van der Waals surface area contributed by atoms with Crippen molar-refractivity contribution in [1.82, 2.24) is 10.2 Å². The van der Waals surface area contributed by atoms with Crippen molar-refractivity contribution >= 4 is 23.2 Å². The van der Waals surface area contributed by atoms with Crippen LogP contribution in [0.3, 0.4) is 0 Å². The second-order valence-electron chi connectivity index (χ2n) is 4.97. The van der Waals surface area contributed by atoms with E-state index in [9.17, 15) is 0 Å². The number of rotatable bonds is 9. The molecule has 4 heteroatoms. The smallest absolute Gasteiger partial charge is 0.0640 e. The lowest BCUT2D eigenvalue weighted by Gasteiger charge is -2.25. The third-order valence-electron chi connectivity index (χ3n) is 3.63. The van der Waals surface area contributed by atoms with Crippen molar-refractivity contribution in [2.24, 2.45) is 0 Å². The molecule has 0 radical (unpaired) electrons. The molecule has 1 aromatic rings. The quantitative estimate of drug-likeness (QED) is 0.706. The van der Waals surface area contributed by atoms with Crippen LogP contribution in [0, 0.1) is 0 Å². The van der Waals surface area contributed by atoms with Gasteiger partial charge in [-0.3, -0.25) is 0 Å². The SMILES string of the molecule is CCCNC(CCN(CC)CC)c1cccc(Cl)c1Cl. The number of hydrogen-bond donors (Lipinski definition) is 1. The predicted molar refractivity (Wildman–Crippen MR) is 89.9 cm³/mol. The second kappa shape index (κ2) is 9.62. The van der Waals surface area contributed by atoms with Gasteiger partial charge in [0.15, 0.2) is 0 Å². The molecule has 2 nitrogen and oxygen atoms in total. The molecule has 20 heavy (non-hydrogen) atoms. The fraction of sp³-hybridized carbons (Fsp3) is 0.625. The molecule has 0 aromatic heterocycles. The van der Waals surface area contributed by atoms with Crippen LogP contribution in [0.25, 0.3) is 0 Å². The van der Waals surface area contributed by atoms with Crippen LogP contribution in [0.2, 0.25) is 10.0 Å². The first-order valence-electron chi connectivity index (χ1n) is 7.53. The van der Waals surface area contributed by atoms with Crippen LogP contribution >= 0.6 is 23.2 Å². The van der Waals surface area contributed by atoms with E-state index in [4.69, 9.17) is 23.2 Å². The van der Waals surface area contributed by atoms with Gasteiger partial charge in [-0.05, 0) is 50.7 Å². The van der Waals surface area contributed by atoms with E-state index in [-0.39, 0.29) is 6.04 Å².